The van der Waals surface area contributed by atoms with Crippen molar-refractivity contribution in [3.8, 4) is 0 Å². The number of ether oxygens (including phenoxy) is 2. The van der Waals surface area contributed by atoms with E-state index in [0.29, 0.717) is 0 Å². The normalized spacial score (nSPS) is 41.6. The maximum absolute atomic E-state index is 10.4. The molecule has 0 aromatic rings. The number of carboxylic acid groups (broad SMARTS) is 1. The molecule has 0 unspecified atom stereocenters. The Labute approximate surface area is 68.3 Å². The van der Waals surface area contributed by atoms with E-state index < -0.39 is 30.6 Å². The lowest BCUT2D eigenvalue weighted by Gasteiger charge is -2.11. The van der Waals surface area contributed by atoms with Gasteiger partial charge in [0.1, 0.15) is 12.2 Å². The molecule has 0 aromatic heterocycles. The van der Waals surface area contributed by atoms with Gasteiger partial charge < -0.3 is 24.8 Å². The van der Waals surface area contributed by atoms with Gasteiger partial charge >= 0.3 is 5.97 Å². The smallest absolute Gasteiger partial charge is 0.335 e. The zero-order chi connectivity index (χ0) is 9.30. The van der Waals surface area contributed by atoms with E-state index in [1.54, 1.807) is 0 Å². The standard InChI is InChI=1S/C6H10O6/c1-11-6-3(8)2(7)4(12-6)5(9)10/h2-4,6-8H,1H3,(H,9,10)/t2-,3+,4-,6+/m0/s1. The zero-order valence-corrected chi connectivity index (χ0v) is 6.38. The molecule has 1 aliphatic heterocycles. The summed E-state index contributed by atoms with van der Waals surface area (Å²) in [5, 5.41) is 26.7. The molecule has 0 amide bonds. The van der Waals surface area contributed by atoms with E-state index in [0.717, 1.165) is 0 Å². The first-order valence-corrected chi connectivity index (χ1v) is 3.35. The van der Waals surface area contributed by atoms with Crippen molar-refractivity contribution in [1.82, 2.24) is 0 Å². The number of carboxylic acids is 1. The Morgan fingerprint density at radius 1 is 1.42 bits per heavy atom. The summed E-state index contributed by atoms with van der Waals surface area (Å²) in [7, 11) is 1.25. The number of aliphatic hydroxyl groups is 2. The molecular weight excluding hydrogens is 168 g/mol. The van der Waals surface area contributed by atoms with E-state index in [4.69, 9.17) is 15.3 Å². The van der Waals surface area contributed by atoms with Gasteiger partial charge in [-0.3, -0.25) is 0 Å². The van der Waals surface area contributed by atoms with Gasteiger partial charge in [-0.25, -0.2) is 4.79 Å². The van der Waals surface area contributed by atoms with Crippen LogP contribution < -0.4 is 0 Å². The first-order chi connectivity index (χ1) is 5.57. The fourth-order valence-corrected chi connectivity index (χ4v) is 1.04. The Bertz CT molecular complexity index is 181. The van der Waals surface area contributed by atoms with Gasteiger partial charge in [-0.2, -0.15) is 0 Å². The summed E-state index contributed by atoms with van der Waals surface area (Å²) in [4.78, 5) is 10.4. The molecule has 0 saturated carbocycles. The number of aliphatic carboxylic acids is 1. The van der Waals surface area contributed by atoms with E-state index in [-0.39, 0.29) is 0 Å². The van der Waals surface area contributed by atoms with E-state index >= 15 is 0 Å². The Morgan fingerprint density at radius 2 is 2.00 bits per heavy atom. The summed E-state index contributed by atoms with van der Waals surface area (Å²) in [5.74, 6) is -1.32. The molecule has 1 rings (SSSR count). The lowest BCUT2D eigenvalue weighted by Crippen LogP contribution is -2.36. The van der Waals surface area contributed by atoms with Crippen molar-refractivity contribution in [2.75, 3.05) is 7.11 Å². The van der Waals surface area contributed by atoms with Crippen LogP contribution in [0.4, 0.5) is 0 Å². The summed E-state index contributed by atoms with van der Waals surface area (Å²) in [5.41, 5.74) is 0. The molecule has 1 heterocycles. The highest BCUT2D eigenvalue weighted by Crippen LogP contribution is 2.21. The van der Waals surface area contributed by atoms with Crippen LogP contribution in [0.25, 0.3) is 0 Å². The van der Waals surface area contributed by atoms with Gasteiger partial charge in [0, 0.05) is 7.11 Å². The summed E-state index contributed by atoms with van der Waals surface area (Å²) >= 11 is 0. The second-order valence-electron chi connectivity index (χ2n) is 2.48. The van der Waals surface area contributed by atoms with Crippen LogP contribution in [0.3, 0.4) is 0 Å². The number of hydrogen-bond donors (Lipinski definition) is 3. The van der Waals surface area contributed by atoms with Gasteiger partial charge in [-0.15, -0.1) is 0 Å². The molecule has 12 heavy (non-hydrogen) atoms. The van der Waals surface area contributed by atoms with Gasteiger partial charge in [-0.05, 0) is 0 Å². The van der Waals surface area contributed by atoms with Crippen LogP contribution in [-0.2, 0) is 14.3 Å². The van der Waals surface area contributed by atoms with Crippen molar-refractivity contribution in [3.63, 3.8) is 0 Å². The molecule has 0 bridgehead atoms. The van der Waals surface area contributed by atoms with Crippen molar-refractivity contribution in [3.05, 3.63) is 0 Å². The van der Waals surface area contributed by atoms with Crippen molar-refractivity contribution in [2.24, 2.45) is 0 Å². The topological polar surface area (TPSA) is 96.2 Å². The largest absolute Gasteiger partial charge is 0.479 e. The molecule has 70 valence electrons. The van der Waals surface area contributed by atoms with Crippen molar-refractivity contribution >= 4 is 5.97 Å². The minimum absolute atomic E-state index is 1.07. The number of methoxy groups -OCH3 is 1. The third-order valence-corrected chi connectivity index (χ3v) is 1.70. The molecule has 0 radical (unpaired) electrons. The van der Waals surface area contributed by atoms with Crippen LogP contribution in [0.5, 0.6) is 0 Å². The second kappa shape index (κ2) is 3.36. The fraction of sp³-hybridized carbons (Fsp3) is 0.833. The quantitative estimate of drug-likeness (QED) is 0.460. The van der Waals surface area contributed by atoms with Crippen molar-refractivity contribution in [2.45, 2.75) is 24.6 Å². The second-order valence-corrected chi connectivity index (χ2v) is 2.48. The molecule has 0 aliphatic carbocycles. The predicted molar refractivity (Wildman–Crippen MR) is 35.3 cm³/mol. The molecule has 0 aromatic carbocycles. The first-order valence-electron chi connectivity index (χ1n) is 3.35. The lowest BCUT2D eigenvalue weighted by atomic mass is 10.1. The summed E-state index contributed by atoms with van der Waals surface area (Å²) in [6.45, 7) is 0. The van der Waals surface area contributed by atoms with E-state index in [2.05, 4.69) is 9.47 Å². The monoisotopic (exact) mass is 178 g/mol. The first kappa shape index (κ1) is 9.40. The zero-order valence-electron chi connectivity index (χ0n) is 6.38. The maximum Gasteiger partial charge on any atom is 0.335 e. The van der Waals surface area contributed by atoms with Crippen molar-refractivity contribution in [1.29, 1.82) is 0 Å². The van der Waals surface area contributed by atoms with E-state index in [1.165, 1.54) is 7.11 Å². The number of carbonyl (C=O) groups is 1. The van der Waals surface area contributed by atoms with E-state index in [1.807, 2.05) is 0 Å². The molecular formula is C6H10O6. The average Bonchev–Trinajstić information content (AvgIpc) is 2.30. The minimum atomic E-state index is -1.44. The van der Waals surface area contributed by atoms with Crippen LogP contribution >= 0.6 is 0 Å². The Kier molecular flexibility index (Phi) is 2.63. The lowest BCUT2D eigenvalue weighted by molar-refractivity contribution is -0.172. The molecule has 1 saturated heterocycles. The molecule has 0 spiro atoms. The van der Waals surface area contributed by atoms with Crippen LogP contribution in [0, 0.1) is 0 Å². The maximum atomic E-state index is 10.4. The SMILES string of the molecule is CO[C@@H]1O[C@H](C(=O)O)[C@@H](O)[C@H]1O. The fourth-order valence-electron chi connectivity index (χ4n) is 1.04. The van der Waals surface area contributed by atoms with Crippen LogP contribution in [0.1, 0.15) is 0 Å². The summed E-state index contributed by atoms with van der Waals surface area (Å²) in [6, 6.07) is 0. The van der Waals surface area contributed by atoms with Gasteiger partial charge in [0.2, 0.25) is 0 Å². The van der Waals surface area contributed by atoms with Crippen molar-refractivity contribution < 1.29 is 29.6 Å². The number of hydrogen-bond acceptors (Lipinski definition) is 5. The molecule has 6 nitrogen and oxygen atoms in total. The third-order valence-electron chi connectivity index (χ3n) is 1.70. The van der Waals surface area contributed by atoms with Crippen LogP contribution in [0.2, 0.25) is 0 Å². The van der Waals surface area contributed by atoms with E-state index in [9.17, 15) is 4.79 Å². The number of aliphatic hydroxyl groups excluding tert-OH is 2. The van der Waals surface area contributed by atoms with Gasteiger partial charge in [0.25, 0.3) is 0 Å². The Balaban J connectivity index is 2.66. The highest BCUT2D eigenvalue weighted by atomic mass is 16.7. The summed E-state index contributed by atoms with van der Waals surface area (Å²) < 4.78 is 9.25. The highest BCUT2D eigenvalue weighted by molar-refractivity contribution is 5.73. The molecule has 6 heteroatoms. The van der Waals surface area contributed by atoms with Gasteiger partial charge in [0.05, 0.1) is 0 Å². The molecule has 4 atom stereocenters. The third kappa shape index (κ3) is 1.42. The van der Waals surface area contributed by atoms with Gasteiger partial charge in [-0.1, -0.05) is 0 Å². The minimum Gasteiger partial charge on any atom is -0.479 e. The number of rotatable bonds is 2. The molecule has 1 aliphatic rings. The Morgan fingerprint density at radius 3 is 2.25 bits per heavy atom. The van der Waals surface area contributed by atoms with Gasteiger partial charge in [0.15, 0.2) is 12.4 Å². The average molecular weight is 178 g/mol. The predicted octanol–water partition coefficient (Wildman–Crippen LogP) is -1.84. The highest BCUT2D eigenvalue weighted by Gasteiger charge is 2.46. The Hall–Kier alpha value is -0.690. The molecule has 3 N–H and O–H groups in total. The molecule has 1 fully saturated rings. The van der Waals surface area contributed by atoms with Crippen LogP contribution in [-0.4, -0.2) is 53.0 Å². The van der Waals surface area contributed by atoms with Crippen LogP contribution in [0.15, 0.2) is 0 Å². The summed E-state index contributed by atoms with van der Waals surface area (Å²) in [6.07, 6.45) is -5.23.